The van der Waals surface area contributed by atoms with Crippen LogP contribution in [-0.2, 0) is 6.42 Å². The lowest BCUT2D eigenvalue weighted by Gasteiger charge is -2.17. The molecule has 0 heterocycles. The third-order valence-electron chi connectivity index (χ3n) is 5.72. The van der Waals surface area contributed by atoms with Crippen LogP contribution in [0.15, 0.2) is 36.9 Å². The van der Waals surface area contributed by atoms with E-state index in [0.29, 0.717) is 29.9 Å². The zero-order chi connectivity index (χ0) is 15.6. The molecule has 1 nitrogen and oxygen atoms in total. The highest BCUT2D eigenvalue weighted by atomic mass is 16.3. The molecule has 0 aromatic heterocycles. The lowest BCUT2D eigenvalue weighted by atomic mass is 9.88. The van der Waals surface area contributed by atoms with Crippen LogP contribution in [0, 0.1) is 29.6 Å². The molecule has 0 aliphatic heterocycles. The van der Waals surface area contributed by atoms with E-state index in [4.69, 9.17) is 0 Å². The molecule has 0 amide bonds. The Morgan fingerprint density at radius 1 is 1.05 bits per heavy atom. The number of phenolic OH excluding ortho intramolecular Hbond substituents is 1. The highest BCUT2D eigenvalue weighted by Crippen LogP contribution is 2.46. The largest absolute Gasteiger partial charge is 0.507 e. The Balaban J connectivity index is 2.22. The maximum Gasteiger partial charge on any atom is 0.126 e. The molecule has 0 spiro atoms. The smallest absolute Gasteiger partial charge is 0.126 e. The van der Waals surface area contributed by atoms with Crippen LogP contribution in [0.2, 0.25) is 0 Å². The van der Waals surface area contributed by atoms with Crippen LogP contribution in [-0.4, -0.2) is 5.11 Å². The first-order valence-corrected chi connectivity index (χ1v) is 8.07. The van der Waals surface area contributed by atoms with E-state index in [1.807, 2.05) is 24.3 Å². The molecule has 0 radical (unpaired) electrons. The standard InChI is InChI=1S/C20H28O/c1-6-8-17-9-7-10-18(20(17)21)11-12-19-15(4)13(2)14(3)16(19)5/h6-7,9-16,19,21H,1,8H2,2-5H3/b12-11+. The summed E-state index contributed by atoms with van der Waals surface area (Å²) in [6, 6.07) is 5.94. The maximum absolute atomic E-state index is 10.3. The van der Waals surface area contributed by atoms with Gasteiger partial charge in [-0.05, 0) is 41.6 Å². The fourth-order valence-electron chi connectivity index (χ4n) is 3.77. The zero-order valence-electron chi connectivity index (χ0n) is 13.7. The third-order valence-corrected chi connectivity index (χ3v) is 5.72. The van der Waals surface area contributed by atoms with E-state index in [2.05, 4.69) is 46.4 Å². The number of phenols is 1. The van der Waals surface area contributed by atoms with E-state index in [-0.39, 0.29) is 0 Å². The quantitative estimate of drug-likeness (QED) is 0.743. The fraction of sp³-hybridized carbons (Fsp3) is 0.500. The molecule has 1 heteroatoms. The average molecular weight is 284 g/mol. The second-order valence-electron chi connectivity index (χ2n) is 6.72. The normalized spacial score (nSPS) is 32.7. The monoisotopic (exact) mass is 284 g/mol. The molecule has 1 N–H and O–H groups in total. The van der Waals surface area contributed by atoms with Gasteiger partial charge in [0.1, 0.15) is 5.75 Å². The van der Waals surface area contributed by atoms with Crippen LogP contribution >= 0.6 is 0 Å². The number of aromatic hydroxyl groups is 1. The topological polar surface area (TPSA) is 20.2 Å². The zero-order valence-corrected chi connectivity index (χ0v) is 13.7. The van der Waals surface area contributed by atoms with Gasteiger partial charge in [0.05, 0.1) is 0 Å². The number of hydrogen-bond donors (Lipinski definition) is 1. The molecule has 0 saturated heterocycles. The minimum Gasteiger partial charge on any atom is -0.507 e. The SMILES string of the molecule is C=CCc1cccc(/C=C/C2C(C)C(C)C(C)C2C)c1O. The Morgan fingerprint density at radius 3 is 2.24 bits per heavy atom. The molecule has 0 bridgehead atoms. The van der Waals surface area contributed by atoms with Gasteiger partial charge in [-0.2, -0.15) is 0 Å². The molecule has 4 atom stereocenters. The van der Waals surface area contributed by atoms with E-state index in [1.165, 1.54) is 0 Å². The molecular formula is C20H28O. The molecule has 1 fully saturated rings. The van der Waals surface area contributed by atoms with Gasteiger partial charge in [-0.3, -0.25) is 0 Å². The predicted octanol–water partition coefficient (Wildman–Crippen LogP) is 5.31. The summed E-state index contributed by atoms with van der Waals surface area (Å²) in [6.45, 7) is 13.2. The molecule has 1 aromatic rings. The van der Waals surface area contributed by atoms with E-state index < -0.39 is 0 Å². The number of para-hydroxylation sites is 1. The van der Waals surface area contributed by atoms with Crippen molar-refractivity contribution in [3.05, 3.63) is 48.1 Å². The summed E-state index contributed by atoms with van der Waals surface area (Å²) in [7, 11) is 0. The Kier molecular flexibility index (Phi) is 4.92. The van der Waals surface area contributed by atoms with Gasteiger partial charge in [0.25, 0.3) is 0 Å². The molecule has 1 aliphatic rings. The van der Waals surface area contributed by atoms with Crippen LogP contribution in [0.4, 0.5) is 0 Å². The van der Waals surface area contributed by atoms with Crippen LogP contribution < -0.4 is 0 Å². The molecule has 1 saturated carbocycles. The van der Waals surface area contributed by atoms with Crippen molar-refractivity contribution in [3.63, 3.8) is 0 Å². The molecule has 1 aliphatic carbocycles. The summed E-state index contributed by atoms with van der Waals surface area (Å²) in [6.07, 6.45) is 6.94. The van der Waals surface area contributed by atoms with Gasteiger partial charge in [0.15, 0.2) is 0 Å². The molecule has 21 heavy (non-hydrogen) atoms. The van der Waals surface area contributed by atoms with Crippen LogP contribution in [0.3, 0.4) is 0 Å². The molecule has 4 unspecified atom stereocenters. The van der Waals surface area contributed by atoms with Crippen molar-refractivity contribution < 1.29 is 5.11 Å². The van der Waals surface area contributed by atoms with E-state index >= 15 is 0 Å². The molecule has 1 aromatic carbocycles. The van der Waals surface area contributed by atoms with Gasteiger partial charge in [-0.1, -0.05) is 64.1 Å². The minimum atomic E-state index is 0.396. The van der Waals surface area contributed by atoms with E-state index in [0.717, 1.165) is 23.0 Å². The van der Waals surface area contributed by atoms with Crippen molar-refractivity contribution >= 4 is 6.08 Å². The number of rotatable bonds is 4. The van der Waals surface area contributed by atoms with Gasteiger partial charge in [0.2, 0.25) is 0 Å². The second kappa shape index (κ2) is 6.51. The highest BCUT2D eigenvalue weighted by Gasteiger charge is 2.39. The van der Waals surface area contributed by atoms with Crippen molar-refractivity contribution in [2.45, 2.75) is 34.1 Å². The average Bonchev–Trinajstić information content (AvgIpc) is 2.65. The van der Waals surface area contributed by atoms with Crippen LogP contribution in [0.25, 0.3) is 6.08 Å². The molecular weight excluding hydrogens is 256 g/mol. The molecule has 2 rings (SSSR count). The first kappa shape index (κ1) is 15.9. The summed E-state index contributed by atoms with van der Waals surface area (Å²) in [4.78, 5) is 0. The van der Waals surface area contributed by atoms with Crippen molar-refractivity contribution in [3.8, 4) is 5.75 Å². The van der Waals surface area contributed by atoms with Gasteiger partial charge in [-0.25, -0.2) is 0 Å². The number of hydrogen-bond acceptors (Lipinski definition) is 1. The lowest BCUT2D eigenvalue weighted by molar-refractivity contribution is 0.352. The lowest BCUT2D eigenvalue weighted by Crippen LogP contribution is -2.09. The number of allylic oxidation sites excluding steroid dienone is 2. The Hall–Kier alpha value is -1.50. The summed E-state index contributed by atoms with van der Waals surface area (Å²) in [5.41, 5.74) is 1.86. The summed E-state index contributed by atoms with van der Waals surface area (Å²) < 4.78 is 0. The summed E-state index contributed by atoms with van der Waals surface area (Å²) in [5, 5.41) is 10.3. The van der Waals surface area contributed by atoms with Crippen LogP contribution in [0.1, 0.15) is 38.8 Å². The van der Waals surface area contributed by atoms with Crippen molar-refractivity contribution in [2.75, 3.05) is 0 Å². The van der Waals surface area contributed by atoms with Crippen molar-refractivity contribution in [1.82, 2.24) is 0 Å². The maximum atomic E-state index is 10.3. The Bertz CT molecular complexity index is 515. The second-order valence-corrected chi connectivity index (χ2v) is 6.72. The van der Waals surface area contributed by atoms with Crippen molar-refractivity contribution in [2.24, 2.45) is 29.6 Å². The summed E-state index contributed by atoms with van der Waals surface area (Å²) in [5.74, 6) is 3.91. The van der Waals surface area contributed by atoms with Gasteiger partial charge < -0.3 is 5.11 Å². The molecule has 114 valence electrons. The highest BCUT2D eigenvalue weighted by molar-refractivity contribution is 5.59. The summed E-state index contributed by atoms with van der Waals surface area (Å²) >= 11 is 0. The van der Waals surface area contributed by atoms with E-state index in [9.17, 15) is 5.11 Å². The first-order chi connectivity index (χ1) is 9.97. The van der Waals surface area contributed by atoms with E-state index in [1.54, 1.807) is 0 Å². The Morgan fingerprint density at radius 2 is 1.67 bits per heavy atom. The fourth-order valence-corrected chi connectivity index (χ4v) is 3.77. The number of benzene rings is 1. The van der Waals surface area contributed by atoms with Crippen LogP contribution in [0.5, 0.6) is 5.75 Å². The van der Waals surface area contributed by atoms with Gasteiger partial charge >= 0.3 is 0 Å². The third kappa shape index (κ3) is 3.07. The minimum absolute atomic E-state index is 0.396. The predicted molar refractivity (Wildman–Crippen MR) is 91.2 cm³/mol. The Labute approximate surface area is 129 Å². The van der Waals surface area contributed by atoms with Crippen molar-refractivity contribution in [1.29, 1.82) is 0 Å². The van der Waals surface area contributed by atoms with Gasteiger partial charge in [-0.15, -0.1) is 6.58 Å². The first-order valence-electron chi connectivity index (χ1n) is 8.07. The van der Waals surface area contributed by atoms with Gasteiger partial charge in [0, 0.05) is 5.56 Å².